The van der Waals surface area contributed by atoms with Crippen molar-refractivity contribution in [1.29, 1.82) is 0 Å². The van der Waals surface area contributed by atoms with Crippen LogP contribution in [0.15, 0.2) is 60.8 Å². The van der Waals surface area contributed by atoms with E-state index in [2.05, 4.69) is 54.4 Å². The van der Waals surface area contributed by atoms with E-state index in [0.29, 0.717) is 0 Å². The number of hydrogen-bond acceptors (Lipinski definition) is 2. The Bertz CT molecular complexity index is 683. The molecule has 21 heavy (non-hydrogen) atoms. The lowest BCUT2D eigenvalue weighted by Crippen LogP contribution is -2.18. The van der Waals surface area contributed by atoms with Crippen LogP contribution in [0.3, 0.4) is 0 Å². The molecule has 0 saturated carbocycles. The first-order valence-corrected chi connectivity index (χ1v) is 7.27. The summed E-state index contributed by atoms with van der Waals surface area (Å²) in [5, 5.41) is 9.10. The van der Waals surface area contributed by atoms with E-state index in [1.165, 1.54) is 16.8 Å². The molecule has 1 N–H and O–H groups in total. The van der Waals surface area contributed by atoms with Crippen LogP contribution < -0.4 is 4.90 Å². The summed E-state index contributed by atoms with van der Waals surface area (Å²) in [6.07, 6.45) is 6.48. The molecule has 0 spiro atoms. The van der Waals surface area contributed by atoms with E-state index in [9.17, 15) is 0 Å². The van der Waals surface area contributed by atoms with Gasteiger partial charge in [0.25, 0.3) is 0 Å². The summed E-state index contributed by atoms with van der Waals surface area (Å²) in [5.41, 5.74) is 5.81. The van der Waals surface area contributed by atoms with Crippen LogP contribution in [-0.4, -0.2) is 11.7 Å². The van der Waals surface area contributed by atoms with E-state index in [1.54, 1.807) is 0 Å². The van der Waals surface area contributed by atoms with Gasteiger partial charge in [-0.3, -0.25) is 0 Å². The van der Waals surface area contributed by atoms with Crippen molar-refractivity contribution in [2.75, 3.05) is 11.4 Å². The Hall–Kier alpha value is -2.32. The molecule has 0 atom stereocenters. The average molecular weight is 277 g/mol. The predicted octanol–water partition coefficient (Wildman–Crippen LogP) is 4.07. The monoisotopic (exact) mass is 277 g/mol. The van der Waals surface area contributed by atoms with Gasteiger partial charge in [0.2, 0.25) is 0 Å². The van der Waals surface area contributed by atoms with Crippen LogP contribution in [-0.2, 0) is 6.61 Å². The molecule has 2 aromatic rings. The number of nitrogens with zero attached hydrogens (tertiary/aromatic N) is 1. The van der Waals surface area contributed by atoms with Crippen molar-refractivity contribution in [2.45, 2.75) is 13.5 Å². The fourth-order valence-corrected chi connectivity index (χ4v) is 2.61. The Balaban J connectivity index is 2.00. The van der Waals surface area contributed by atoms with E-state index >= 15 is 0 Å². The van der Waals surface area contributed by atoms with Gasteiger partial charge in [-0.25, -0.2) is 0 Å². The fourth-order valence-electron chi connectivity index (χ4n) is 2.61. The Morgan fingerprint density at radius 3 is 2.52 bits per heavy atom. The maximum absolute atomic E-state index is 9.10. The van der Waals surface area contributed by atoms with Gasteiger partial charge >= 0.3 is 0 Å². The van der Waals surface area contributed by atoms with Gasteiger partial charge in [0.15, 0.2) is 0 Å². The molecule has 3 rings (SSSR count). The molecule has 0 aliphatic carbocycles. The normalized spacial score (nSPS) is 15.3. The van der Waals surface area contributed by atoms with E-state index < -0.39 is 0 Å². The minimum atomic E-state index is 0.0883. The van der Waals surface area contributed by atoms with Crippen molar-refractivity contribution < 1.29 is 5.11 Å². The number of hydrogen-bond donors (Lipinski definition) is 1. The van der Waals surface area contributed by atoms with Gasteiger partial charge in [0.05, 0.1) is 6.61 Å². The molecule has 0 amide bonds. The van der Waals surface area contributed by atoms with E-state index in [-0.39, 0.29) is 6.61 Å². The summed E-state index contributed by atoms with van der Waals surface area (Å²) in [4.78, 5) is 2.25. The summed E-state index contributed by atoms with van der Waals surface area (Å²) >= 11 is 0. The Morgan fingerprint density at radius 2 is 1.81 bits per heavy atom. The molecule has 1 aliphatic rings. The van der Waals surface area contributed by atoms with Crippen LogP contribution in [0.1, 0.15) is 23.6 Å². The standard InChI is InChI=1S/C19H19NO/c1-2-20-12-11-17(18-5-3-4-6-19(18)20)13-15-7-9-16(14-21)10-8-15/h3-13,21H,2,14H2,1H3. The summed E-state index contributed by atoms with van der Waals surface area (Å²) in [6, 6.07) is 16.5. The molecule has 2 aromatic carbocycles. The quantitative estimate of drug-likeness (QED) is 0.914. The van der Waals surface area contributed by atoms with Crippen LogP contribution in [0.5, 0.6) is 0 Å². The van der Waals surface area contributed by atoms with Crippen LogP contribution in [0, 0.1) is 0 Å². The maximum atomic E-state index is 9.10. The average Bonchev–Trinajstić information content (AvgIpc) is 2.56. The molecule has 2 heteroatoms. The minimum absolute atomic E-state index is 0.0883. The van der Waals surface area contributed by atoms with Crippen molar-refractivity contribution in [1.82, 2.24) is 0 Å². The van der Waals surface area contributed by atoms with Gasteiger partial charge in [0, 0.05) is 24.0 Å². The van der Waals surface area contributed by atoms with Crippen molar-refractivity contribution in [3.63, 3.8) is 0 Å². The third-order valence-corrected chi connectivity index (χ3v) is 3.78. The van der Waals surface area contributed by atoms with Gasteiger partial charge in [-0.1, -0.05) is 42.5 Å². The molecular weight excluding hydrogens is 258 g/mol. The topological polar surface area (TPSA) is 23.5 Å². The Labute approximate surface area is 125 Å². The first kappa shape index (κ1) is 13.7. The van der Waals surface area contributed by atoms with Crippen molar-refractivity contribution in [2.24, 2.45) is 0 Å². The van der Waals surface area contributed by atoms with E-state index in [1.807, 2.05) is 24.3 Å². The molecule has 0 bridgehead atoms. The lowest BCUT2D eigenvalue weighted by Gasteiger charge is -2.26. The Morgan fingerprint density at radius 1 is 1.05 bits per heavy atom. The highest BCUT2D eigenvalue weighted by atomic mass is 16.3. The summed E-state index contributed by atoms with van der Waals surface area (Å²) in [5.74, 6) is 0. The molecule has 0 unspecified atom stereocenters. The van der Waals surface area contributed by atoms with E-state index in [0.717, 1.165) is 17.7 Å². The highest BCUT2D eigenvalue weighted by molar-refractivity contribution is 5.94. The molecule has 0 saturated heterocycles. The molecule has 106 valence electrons. The molecule has 2 nitrogen and oxygen atoms in total. The van der Waals surface area contributed by atoms with Crippen LogP contribution in [0.4, 0.5) is 5.69 Å². The lowest BCUT2D eigenvalue weighted by molar-refractivity contribution is 0.282. The molecule has 1 heterocycles. The third-order valence-electron chi connectivity index (χ3n) is 3.78. The highest BCUT2D eigenvalue weighted by Crippen LogP contribution is 2.33. The zero-order chi connectivity index (χ0) is 14.7. The molecule has 0 radical (unpaired) electrons. The lowest BCUT2D eigenvalue weighted by atomic mass is 9.97. The SMILES string of the molecule is CCN1C=CC(=Cc2ccc(CO)cc2)c2ccccc21. The number of anilines is 1. The fraction of sp³-hybridized carbons (Fsp3) is 0.158. The van der Waals surface area contributed by atoms with Crippen molar-refractivity contribution >= 4 is 17.3 Å². The molecular formula is C19H19NO. The second-order valence-corrected chi connectivity index (χ2v) is 5.12. The zero-order valence-corrected chi connectivity index (χ0v) is 12.2. The molecule has 0 fully saturated rings. The maximum Gasteiger partial charge on any atom is 0.0681 e. The van der Waals surface area contributed by atoms with Crippen LogP contribution in [0.2, 0.25) is 0 Å². The highest BCUT2D eigenvalue weighted by Gasteiger charge is 2.14. The van der Waals surface area contributed by atoms with Gasteiger partial charge in [-0.05, 0) is 41.8 Å². The summed E-state index contributed by atoms with van der Waals surface area (Å²) in [6.45, 7) is 3.21. The third kappa shape index (κ3) is 2.76. The summed E-state index contributed by atoms with van der Waals surface area (Å²) in [7, 11) is 0. The number of fused-ring (bicyclic) bond motifs is 1. The van der Waals surface area contributed by atoms with Gasteiger partial charge < -0.3 is 10.0 Å². The number of allylic oxidation sites excluding steroid dienone is 2. The smallest absolute Gasteiger partial charge is 0.0681 e. The second kappa shape index (κ2) is 5.98. The van der Waals surface area contributed by atoms with Crippen LogP contribution >= 0.6 is 0 Å². The largest absolute Gasteiger partial charge is 0.392 e. The molecule has 0 aromatic heterocycles. The first-order valence-electron chi connectivity index (χ1n) is 7.27. The van der Waals surface area contributed by atoms with E-state index in [4.69, 9.17) is 5.11 Å². The minimum Gasteiger partial charge on any atom is -0.392 e. The van der Waals surface area contributed by atoms with Gasteiger partial charge in [-0.2, -0.15) is 0 Å². The van der Waals surface area contributed by atoms with Crippen LogP contribution in [0.25, 0.3) is 11.6 Å². The number of rotatable bonds is 3. The van der Waals surface area contributed by atoms with Crippen molar-refractivity contribution in [3.8, 4) is 0 Å². The predicted molar refractivity (Wildman–Crippen MR) is 88.8 cm³/mol. The summed E-state index contributed by atoms with van der Waals surface area (Å²) < 4.78 is 0. The number of aliphatic hydroxyl groups is 1. The second-order valence-electron chi connectivity index (χ2n) is 5.12. The first-order chi connectivity index (χ1) is 10.3. The van der Waals surface area contributed by atoms with Crippen molar-refractivity contribution in [3.05, 3.63) is 77.5 Å². The van der Waals surface area contributed by atoms with Gasteiger partial charge in [0.1, 0.15) is 0 Å². The van der Waals surface area contributed by atoms with Gasteiger partial charge in [-0.15, -0.1) is 0 Å². The molecule has 1 aliphatic heterocycles. The number of benzene rings is 2. The zero-order valence-electron chi connectivity index (χ0n) is 12.2. The Kier molecular flexibility index (Phi) is 3.89. The number of para-hydroxylation sites is 1. The number of aliphatic hydroxyl groups excluding tert-OH is 1.